The van der Waals surface area contributed by atoms with Gasteiger partial charge in [-0.2, -0.15) is 5.10 Å². The molecular formula is C14H12N4. The van der Waals surface area contributed by atoms with Gasteiger partial charge in [0.05, 0.1) is 6.20 Å². The molecule has 0 radical (unpaired) electrons. The van der Waals surface area contributed by atoms with Crippen LogP contribution in [-0.2, 0) is 0 Å². The highest BCUT2D eigenvalue weighted by molar-refractivity contribution is 5.60. The summed E-state index contributed by atoms with van der Waals surface area (Å²) in [5.74, 6) is 0.824. The van der Waals surface area contributed by atoms with Crippen molar-refractivity contribution in [2.75, 3.05) is 0 Å². The van der Waals surface area contributed by atoms with Crippen LogP contribution in [0.5, 0.6) is 0 Å². The van der Waals surface area contributed by atoms with E-state index in [-0.39, 0.29) is 0 Å². The number of pyridine rings is 2. The Bertz CT molecular complexity index is 658. The van der Waals surface area contributed by atoms with Gasteiger partial charge in [0, 0.05) is 35.4 Å². The molecule has 0 spiro atoms. The first kappa shape index (κ1) is 10.7. The van der Waals surface area contributed by atoms with Gasteiger partial charge in [-0.05, 0) is 25.1 Å². The minimum atomic E-state index is 0.824. The predicted octanol–water partition coefficient (Wildman–Crippen LogP) is 2.64. The van der Waals surface area contributed by atoms with Crippen LogP contribution in [0.1, 0.15) is 5.69 Å². The van der Waals surface area contributed by atoms with Gasteiger partial charge in [0.25, 0.3) is 0 Å². The largest absolute Gasteiger partial charge is 0.264 e. The monoisotopic (exact) mass is 236 g/mol. The fraction of sp³-hybridized carbons (Fsp3) is 0.0714. The summed E-state index contributed by atoms with van der Waals surface area (Å²) in [5.41, 5.74) is 3.06. The fourth-order valence-corrected chi connectivity index (χ4v) is 1.79. The fourth-order valence-electron chi connectivity index (χ4n) is 1.79. The van der Waals surface area contributed by atoms with E-state index in [0.717, 1.165) is 22.6 Å². The lowest BCUT2D eigenvalue weighted by atomic mass is 10.2. The van der Waals surface area contributed by atoms with Crippen LogP contribution in [-0.4, -0.2) is 19.7 Å². The first-order chi connectivity index (χ1) is 8.83. The second-order valence-corrected chi connectivity index (χ2v) is 4.05. The summed E-state index contributed by atoms with van der Waals surface area (Å²) in [6, 6.07) is 9.81. The topological polar surface area (TPSA) is 43.6 Å². The van der Waals surface area contributed by atoms with Crippen molar-refractivity contribution in [1.29, 1.82) is 0 Å². The van der Waals surface area contributed by atoms with E-state index in [1.807, 2.05) is 55.8 Å². The molecule has 0 N–H and O–H groups in total. The Balaban J connectivity index is 2.00. The quantitative estimate of drug-likeness (QED) is 0.687. The molecule has 0 saturated heterocycles. The van der Waals surface area contributed by atoms with Crippen LogP contribution >= 0.6 is 0 Å². The highest BCUT2D eigenvalue weighted by atomic mass is 15.3. The molecule has 3 aromatic heterocycles. The van der Waals surface area contributed by atoms with Crippen molar-refractivity contribution in [3.8, 4) is 16.9 Å². The Hall–Kier alpha value is -2.49. The van der Waals surface area contributed by atoms with Crippen molar-refractivity contribution in [3.63, 3.8) is 0 Å². The summed E-state index contributed by atoms with van der Waals surface area (Å²) < 4.78 is 1.77. The lowest BCUT2D eigenvalue weighted by molar-refractivity contribution is 0.841. The third kappa shape index (κ3) is 2.00. The van der Waals surface area contributed by atoms with Gasteiger partial charge in [-0.15, -0.1) is 0 Å². The van der Waals surface area contributed by atoms with Crippen LogP contribution in [0.4, 0.5) is 0 Å². The maximum atomic E-state index is 4.44. The molecule has 0 aliphatic rings. The Morgan fingerprint density at radius 1 is 1.00 bits per heavy atom. The van der Waals surface area contributed by atoms with Gasteiger partial charge in [0.15, 0.2) is 5.82 Å². The van der Waals surface area contributed by atoms with Crippen LogP contribution in [0.25, 0.3) is 16.9 Å². The van der Waals surface area contributed by atoms with E-state index in [0.29, 0.717) is 0 Å². The molecule has 0 aliphatic carbocycles. The zero-order valence-electron chi connectivity index (χ0n) is 9.99. The number of rotatable bonds is 2. The zero-order valence-corrected chi connectivity index (χ0v) is 9.99. The van der Waals surface area contributed by atoms with Gasteiger partial charge >= 0.3 is 0 Å². The highest BCUT2D eigenvalue weighted by Gasteiger charge is 2.04. The second-order valence-electron chi connectivity index (χ2n) is 4.05. The molecule has 0 unspecified atom stereocenters. The van der Waals surface area contributed by atoms with Crippen molar-refractivity contribution >= 4 is 0 Å². The molecule has 0 aliphatic heterocycles. The van der Waals surface area contributed by atoms with E-state index in [4.69, 9.17) is 0 Å². The average Bonchev–Trinajstić information content (AvgIpc) is 2.89. The van der Waals surface area contributed by atoms with E-state index in [2.05, 4.69) is 15.1 Å². The molecule has 0 fully saturated rings. The van der Waals surface area contributed by atoms with Crippen molar-refractivity contribution < 1.29 is 0 Å². The molecule has 3 heterocycles. The van der Waals surface area contributed by atoms with E-state index >= 15 is 0 Å². The molecule has 18 heavy (non-hydrogen) atoms. The summed E-state index contributed by atoms with van der Waals surface area (Å²) in [5, 5.41) is 4.33. The first-order valence-corrected chi connectivity index (χ1v) is 5.72. The predicted molar refractivity (Wildman–Crippen MR) is 69.3 cm³/mol. The van der Waals surface area contributed by atoms with Crippen LogP contribution in [0.2, 0.25) is 0 Å². The zero-order chi connectivity index (χ0) is 12.4. The Kier molecular flexibility index (Phi) is 2.61. The minimum Gasteiger partial charge on any atom is -0.264 e. The lowest BCUT2D eigenvalue weighted by Crippen LogP contribution is -1.98. The number of aryl methyl sites for hydroxylation is 1. The smallest absolute Gasteiger partial charge is 0.153 e. The molecule has 88 valence electrons. The van der Waals surface area contributed by atoms with E-state index < -0.39 is 0 Å². The second kappa shape index (κ2) is 4.41. The van der Waals surface area contributed by atoms with Gasteiger partial charge in [-0.25, -0.2) is 9.67 Å². The molecule has 0 aromatic carbocycles. The first-order valence-electron chi connectivity index (χ1n) is 5.72. The maximum absolute atomic E-state index is 4.44. The van der Waals surface area contributed by atoms with E-state index in [1.54, 1.807) is 10.9 Å². The van der Waals surface area contributed by atoms with Crippen LogP contribution in [0.3, 0.4) is 0 Å². The third-order valence-corrected chi connectivity index (χ3v) is 2.69. The van der Waals surface area contributed by atoms with Crippen molar-refractivity contribution in [1.82, 2.24) is 19.7 Å². The highest BCUT2D eigenvalue weighted by Crippen LogP contribution is 2.18. The molecule has 4 nitrogen and oxygen atoms in total. The SMILES string of the molecule is Cc1cccc(-n2cc(-c3cccnc3)cn2)n1. The Morgan fingerprint density at radius 3 is 2.72 bits per heavy atom. The summed E-state index contributed by atoms with van der Waals surface area (Å²) in [7, 11) is 0. The number of aromatic nitrogens is 4. The van der Waals surface area contributed by atoms with Gasteiger partial charge in [0.2, 0.25) is 0 Å². The summed E-state index contributed by atoms with van der Waals surface area (Å²) in [4.78, 5) is 8.54. The van der Waals surface area contributed by atoms with Crippen LogP contribution in [0, 0.1) is 6.92 Å². The molecule has 0 amide bonds. The van der Waals surface area contributed by atoms with Gasteiger partial charge < -0.3 is 0 Å². The molecule has 0 saturated carbocycles. The lowest BCUT2D eigenvalue weighted by Gasteiger charge is -2.00. The van der Waals surface area contributed by atoms with Gasteiger partial charge in [0.1, 0.15) is 0 Å². The van der Waals surface area contributed by atoms with E-state index in [1.165, 1.54) is 0 Å². The Morgan fingerprint density at radius 2 is 1.94 bits per heavy atom. The van der Waals surface area contributed by atoms with Crippen molar-refractivity contribution in [3.05, 3.63) is 60.8 Å². The third-order valence-electron chi connectivity index (χ3n) is 2.69. The molecule has 4 heteroatoms. The van der Waals surface area contributed by atoms with Crippen molar-refractivity contribution in [2.24, 2.45) is 0 Å². The molecule has 3 aromatic rings. The number of hydrogen-bond acceptors (Lipinski definition) is 3. The van der Waals surface area contributed by atoms with Crippen LogP contribution < -0.4 is 0 Å². The number of hydrogen-bond donors (Lipinski definition) is 0. The summed E-state index contributed by atoms with van der Waals surface area (Å²) in [6.45, 7) is 1.97. The maximum Gasteiger partial charge on any atom is 0.153 e. The molecule has 0 bridgehead atoms. The average molecular weight is 236 g/mol. The summed E-state index contributed by atoms with van der Waals surface area (Å²) in [6.07, 6.45) is 7.36. The molecular weight excluding hydrogens is 224 g/mol. The van der Waals surface area contributed by atoms with Crippen LogP contribution in [0.15, 0.2) is 55.1 Å². The molecule has 0 atom stereocenters. The van der Waals surface area contributed by atoms with Crippen molar-refractivity contribution in [2.45, 2.75) is 6.92 Å². The minimum absolute atomic E-state index is 0.824. The standard InChI is InChI=1S/C14H12N4/c1-11-4-2-6-14(17-11)18-10-13(9-16-18)12-5-3-7-15-8-12/h2-10H,1H3. The van der Waals surface area contributed by atoms with Gasteiger partial charge in [-0.3, -0.25) is 4.98 Å². The number of nitrogens with zero attached hydrogens (tertiary/aromatic N) is 4. The Labute approximate surface area is 105 Å². The normalized spacial score (nSPS) is 10.5. The van der Waals surface area contributed by atoms with E-state index in [9.17, 15) is 0 Å². The summed E-state index contributed by atoms with van der Waals surface area (Å²) >= 11 is 0. The molecule has 3 rings (SSSR count). The van der Waals surface area contributed by atoms with Gasteiger partial charge in [-0.1, -0.05) is 12.1 Å².